The van der Waals surface area contributed by atoms with E-state index in [1.54, 1.807) is 30.3 Å². The summed E-state index contributed by atoms with van der Waals surface area (Å²) in [5.41, 5.74) is 2.36. The minimum absolute atomic E-state index is 0.181. The van der Waals surface area contributed by atoms with Gasteiger partial charge in [0, 0.05) is 32.9 Å². The van der Waals surface area contributed by atoms with Crippen LogP contribution in [0.1, 0.15) is 27.5 Å². The van der Waals surface area contributed by atoms with Crippen LogP contribution in [0.3, 0.4) is 0 Å². The molecule has 0 unspecified atom stereocenters. The van der Waals surface area contributed by atoms with Crippen molar-refractivity contribution < 1.29 is 23.8 Å². The van der Waals surface area contributed by atoms with E-state index in [1.165, 1.54) is 26.2 Å². The Morgan fingerprint density at radius 2 is 1.71 bits per heavy atom. The molecule has 0 saturated heterocycles. The van der Waals surface area contributed by atoms with Gasteiger partial charge in [0.1, 0.15) is 12.3 Å². The molecule has 0 aliphatic carbocycles. The molecule has 3 aromatic carbocycles. The van der Waals surface area contributed by atoms with Crippen LogP contribution in [-0.2, 0) is 4.79 Å². The fraction of sp³-hybridized carbons (Fsp3) is 0.200. The highest BCUT2D eigenvalue weighted by molar-refractivity contribution is 9.10. The molecule has 1 N–H and O–H groups in total. The van der Waals surface area contributed by atoms with Gasteiger partial charge in [0.25, 0.3) is 5.91 Å². The number of carbonyl (C=O) groups excluding carboxylic acids is 2. The van der Waals surface area contributed by atoms with Gasteiger partial charge < -0.3 is 24.4 Å². The van der Waals surface area contributed by atoms with Gasteiger partial charge in [-0.25, -0.2) is 0 Å². The van der Waals surface area contributed by atoms with Crippen molar-refractivity contribution in [3.8, 4) is 17.2 Å². The average molecular weight is 546 g/mol. The van der Waals surface area contributed by atoms with Crippen LogP contribution in [-0.4, -0.2) is 44.6 Å². The number of hydrogen-bond acceptors (Lipinski definition) is 5. The van der Waals surface area contributed by atoms with Crippen molar-refractivity contribution in [1.29, 1.82) is 0 Å². The zero-order chi connectivity index (χ0) is 24.4. The second-order valence-corrected chi connectivity index (χ2v) is 8.93. The Balaban J connectivity index is 1.93. The molecule has 1 aliphatic heterocycles. The highest BCUT2D eigenvalue weighted by Crippen LogP contribution is 2.41. The molecule has 9 heteroatoms. The summed E-state index contributed by atoms with van der Waals surface area (Å²) >= 11 is 9.82. The fourth-order valence-corrected chi connectivity index (χ4v) is 4.63. The van der Waals surface area contributed by atoms with Crippen LogP contribution >= 0.6 is 27.5 Å². The highest BCUT2D eigenvalue weighted by atomic mass is 79.9. The number of anilines is 1. The maximum atomic E-state index is 14.0. The van der Waals surface area contributed by atoms with E-state index in [-0.39, 0.29) is 18.0 Å². The van der Waals surface area contributed by atoms with E-state index in [0.29, 0.717) is 28.0 Å². The predicted molar refractivity (Wildman–Crippen MR) is 133 cm³/mol. The first-order valence-electron chi connectivity index (χ1n) is 10.3. The van der Waals surface area contributed by atoms with Gasteiger partial charge in [-0.05, 0) is 35.9 Å². The van der Waals surface area contributed by atoms with Gasteiger partial charge in [-0.1, -0.05) is 39.7 Å². The van der Waals surface area contributed by atoms with Crippen molar-refractivity contribution >= 4 is 45.0 Å². The van der Waals surface area contributed by atoms with Crippen molar-refractivity contribution in [2.45, 2.75) is 6.04 Å². The minimum Gasteiger partial charge on any atom is -0.496 e. The summed E-state index contributed by atoms with van der Waals surface area (Å²) in [6.45, 7) is -0.181. The number of amides is 2. The minimum atomic E-state index is -0.601. The number of methoxy groups -OCH3 is 3. The Bertz CT molecular complexity index is 1270. The summed E-state index contributed by atoms with van der Waals surface area (Å²) in [7, 11) is 4.45. The maximum Gasteiger partial charge on any atom is 0.259 e. The monoisotopic (exact) mass is 544 g/mol. The number of rotatable bonds is 5. The van der Waals surface area contributed by atoms with Crippen LogP contribution in [0.2, 0.25) is 5.02 Å². The summed E-state index contributed by atoms with van der Waals surface area (Å²) in [5, 5.41) is 3.43. The van der Waals surface area contributed by atoms with Gasteiger partial charge in [0.15, 0.2) is 11.5 Å². The lowest BCUT2D eigenvalue weighted by molar-refractivity contribution is -0.117. The third-order valence-corrected chi connectivity index (χ3v) is 6.30. The first-order valence-corrected chi connectivity index (χ1v) is 11.5. The fourth-order valence-electron chi connectivity index (χ4n) is 4.05. The lowest BCUT2D eigenvalue weighted by atomic mass is 9.95. The van der Waals surface area contributed by atoms with Crippen LogP contribution in [0.25, 0.3) is 0 Å². The topological polar surface area (TPSA) is 77.1 Å². The molecule has 0 saturated carbocycles. The molecular formula is C25H22BrClN2O5. The molecule has 0 spiro atoms. The van der Waals surface area contributed by atoms with Crippen molar-refractivity contribution in [2.75, 3.05) is 33.2 Å². The first kappa shape index (κ1) is 23.9. The Morgan fingerprint density at radius 1 is 1.00 bits per heavy atom. The molecule has 0 radical (unpaired) electrons. The largest absolute Gasteiger partial charge is 0.496 e. The van der Waals surface area contributed by atoms with E-state index < -0.39 is 11.9 Å². The van der Waals surface area contributed by atoms with Crippen LogP contribution < -0.4 is 19.5 Å². The molecule has 4 rings (SSSR count). The highest BCUT2D eigenvalue weighted by Gasteiger charge is 2.35. The van der Waals surface area contributed by atoms with Gasteiger partial charge in [0.05, 0.1) is 32.9 Å². The van der Waals surface area contributed by atoms with E-state index in [0.717, 1.165) is 15.6 Å². The smallest absolute Gasteiger partial charge is 0.259 e. The van der Waals surface area contributed by atoms with E-state index in [9.17, 15) is 9.59 Å². The molecule has 176 valence electrons. The second kappa shape index (κ2) is 9.95. The molecule has 7 nitrogen and oxygen atoms in total. The summed E-state index contributed by atoms with van der Waals surface area (Å²) in [6.07, 6.45) is 0. The molecule has 0 bridgehead atoms. The number of ether oxygens (including phenoxy) is 3. The zero-order valence-corrected chi connectivity index (χ0v) is 21.1. The van der Waals surface area contributed by atoms with Crippen LogP contribution in [0.15, 0.2) is 59.1 Å². The SMILES string of the molecule is COc1cc(OC)c(C(=O)N2CC(=O)Nc3ccc(Br)cc3[C@@H]2c2cccc(Cl)c2)cc1OC. The molecule has 0 aromatic heterocycles. The molecule has 1 aliphatic rings. The Labute approximate surface area is 210 Å². The summed E-state index contributed by atoms with van der Waals surface area (Å²) in [4.78, 5) is 28.4. The van der Waals surface area contributed by atoms with Crippen LogP contribution in [0.5, 0.6) is 17.2 Å². The molecule has 0 fully saturated rings. The molecular weight excluding hydrogens is 524 g/mol. The summed E-state index contributed by atoms with van der Waals surface area (Å²) in [6, 6.07) is 15.3. The number of nitrogens with zero attached hydrogens (tertiary/aromatic N) is 1. The Kier molecular flexibility index (Phi) is 7.00. The summed E-state index contributed by atoms with van der Waals surface area (Å²) < 4.78 is 17.1. The van der Waals surface area contributed by atoms with E-state index in [2.05, 4.69) is 21.2 Å². The number of carbonyl (C=O) groups is 2. The maximum absolute atomic E-state index is 14.0. The van der Waals surface area contributed by atoms with E-state index in [4.69, 9.17) is 25.8 Å². The zero-order valence-electron chi connectivity index (χ0n) is 18.7. The van der Waals surface area contributed by atoms with Crippen molar-refractivity contribution in [3.63, 3.8) is 0 Å². The molecule has 1 atom stereocenters. The van der Waals surface area contributed by atoms with Crippen molar-refractivity contribution in [2.24, 2.45) is 0 Å². The second-order valence-electron chi connectivity index (χ2n) is 7.58. The van der Waals surface area contributed by atoms with Gasteiger partial charge in [-0.2, -0.15) is 0 Å². The number of benzene rings is 3. The quantitative estimate of drug-likeness (QED) is 0.470. The lowest BCUT2D eigenvalue weighted by Crippen LogP contribution is -2.39. The molecule has 3 aromatic rings. The van der Waals surface area contributed by atoms with Crippen LogP contribution in [0, 0.1) is 0 Å². The standard InChI is InChI=1S/C25H22BrClN2O5/c1-32-20-12-22(34-3)21(33-2)11-18(20)25(31)29-13-23(30)28-19-8-7-15(26)10-17(19)24(29)14-5-4-6-16(27)9-14/h4-12,24H,13H2,1-3H3,(H,28,30)/t24-/m0/s1. The third-order valence-electron chi connectivity index (χ3n) is 5.57. The van der Waals surface area contributed by atoms with Crippen molar-refractivity contribution in [3.05, 3.63) is 80.8 Å². The predicted octanol–water partition coefficient (Wildman–Crippen LogP) is 5.31. The lowest BCUT2D eigenvalue weighted by Gasteiger charge is -2.31. The van der Waals surface area contributed by atoms with Gasteiger partial charge in [0.2, 0.25) is 5.91 Å². The average Bonchev–Trinajstić information content (AvgIpc) is 2.98. The summed E-state index contributed by atoms with van der Waals surface area (Å²) in [5.74, 6) is 0.358. The normalized spacial score (nSPS) is 15.1. The first-order chi connectivity index (χ1) is 16.4. The molecule has 34 heavy (non-hydrogen) atoms. The number of halogens is 2. The molecule has 1 heterocycles. The van der Waals surface area contributed by atoms with E-state index in [1.807, 2.05) is 24.3 Å². The third kappa shape index (κ3) is 4.56. The van der Waals surface area contributed by atoms with Gasteiger partial charge >= 0.3 is 0 Å². The molecule has 2 amide bonds. The van der Waals surface area contributed by atoms with E-state index >= 15 is 0 Å². The number of nitrogens with one attached hydrogen (secondary N) is 1. The van der Waals surface area contributed by atoms with Crippen LogP contribution in [0.4, 0.5) is 5.69 Å². The number of fused-ring (bicyclic) bond motifs is 1. The van der Waals surface area contributed by atoms with Crippen molar-refractivity contribution in [1.82, 2.24) is 4.90 Å². The van der Waals surface area contributed by atoms with Gasteiger partial charge in [-0.15, -0.1) is 0 Å². The Morgan fingerprint density at radius 3 is 2.38 bits per heavy atom. The number of hydrogen-bond donors (Lipinski definition) is 1. The Hall–Kier alpha value is -3.23. The van der Waals surface area contributed by atoms with Gasteiger partial charge in [-0.3, -0.25) is 9.59 Å².